The third-order valence-corrected chi connectivity index (χ3v) is 6.53. The molecule has 0 spiro atoms. The molecule has 0 saturated carbocycles. The molecule has 2 unspecified atom stereocenters. The van der Waals surface area contributed by atoms with Gasteiger partial charge < -0.3 is 19.7 Å². The van der Waals surface area contributed by atoms with Crippen LogP contribution >= 0.6 is 0 Å². The van der Waals surface area contributed by atoms with Gasteiger partial charge in [-0.05, 0) is 57.7 Å². The number of nitrogens with zero attached hydrogens (tertiary/aromatic N) is 1. The van der Waals surface area contributed by atoms with Gasteiger partial charge in [0.05, 0.1) is 6.61 Å². The van der Waals surface area contributed by atoms with Gasteiger partial charge in [-0.2, -0.15) is 0 Å². The molecule has 3 aliphatic rings. The van der Waals surface area contributed by atoms with Crippen LogP contribution in [0.25, 0.3) is 0 Å². The first-order valence-electron chi connectivity index (χ1n) is 11.4. The van der Waals surface area contributed by atoms with Crippen molar-refractivity contribution in [1.29, 1.82) is 0 Å². The van der Waals surface area contributed by atoms with Crippen molar-refractivity contribution in [1.82, 2.24) is 15.5 Å². The number of fused-ring (bicyclic) bond motifs is 2. The van der Waals surface area contributed by atoms with Crippen LogP contribution in [0.2, 0.25) is 0 Å². The Hall–Kier alpha value is -3.10. The van der Waals surface area contributed by atoms with E-state index in [2.05, 4.69) is 17.6 Å². The third-order valence-electron chi connectivity index (χ3n) is 6.53. The molecule has 2 atom stereocenters. The van der Waals surface area contributed by atoms with Gasteiger partial charge in [0.15, 0.2) is 0 Å². The van der Waals surface area contributed by atoms with Gasteiger partial charge in [-0.3, -0.25) is 19.7 Å². The van der Waals surface area contributed by atoms with E-state index in [9.17, 15) is 19.2 Å². The zero-order valence-electron chi connectivity index (χ0n) is 19.6. The lowest BCUT2D eigenvalue weighted by Gasteiger charge is -2.36. The molecule has 2 N–H and O–H groups in total. The lowest BCUT2D eigenvalue weighted by atomic mass is 9.74. The smallest absolute Gasteiger partial charge is 0.407 e. The predicted molar refractivity (Wildman–Crippen MR) is 119 cm³/mol. The first kappa shape index (κ1) is 23.1. The Balaban J connectivity index is 1.50. The van der Waals surface area contributed by atoms with E-state index >= 15 is 0 Å². The highest BCUT2D eigenvalue weighted by molar-refractivity contribution is 6.05. The molecule has 1 fully saturated rings. The van der Waals surface area contributed by atoms with Crippen molar-refractivity contribution >= 4 is 23.8 Å². The second kappa shape index (κ2) is 8.35. The number of alkyl carbamates (subject to hydrolysis) is 1. The Morgan fingerprint density at radius 3 is 2.76 bits per heavy atom. The summed E-state index contributed by atoms with van der Waals surface area (Å²) in [6, 6.07) is 3.13. The minimum atomic E-state index is -0.648. The van der Waals surface area contributed by atoms with Crippen LogP contribution in [0.15, 0.2) is 12.1 Å². The molecule has 1 saturated heterocycles. The summed E-state index contributed by atoms with van der Waals surface area (Å²) in [6.45, 7) is 8.88. The van der Waals surface area contributed by atoms with Gasteiger partial charge in [-0.1, -0.05) is 6.92 Å². The summed E-state index contributed by atoms with van der Waals surface area (Å²) in [5.74, 6) is -0.283. The molecule has 9 nitrogen and oxygen atoms in total. The molecule has 0 aromatic heterocycles. The lowest BCUT2D eigenvalue weighted by molar-refractivity contribution is -0.136. The van der Waals surface area contributed by atoms with E-state index in [4.69, 9.17) is 9.47 Å². The van der Waals surface area contributed by atoms with Crippen molar-refractivity contribution < 1.29 is 28.7 Å². The molecule has 0 aliphatic carbocycles. The first-order chi connectivity index (χ1) is 15.5. The SMILES string of the molecule is CC(C)(C)OC(=O)NCCC1(C)CCOc2cc3c(cc21)CN(C1CCC(=O)NC1=O)C3=O. The average Bonchev–Trinajstić information content (AvgIpc) is 3.01. The highest BCUT2D eigenvalue weighted by Gasteiger charge is 2.41. The molecular weight excluding hydrogens is 426 g/mol. The monoisotopic (exact) mass is 457 g/mol. The lowest BCUT2D eigenvalue weighted by Crippen LogP contribution is -2.52. The zero-order chi connectivity index (χ0) is 24.0. The number of benzene rings is 1. The van der Waals surface area contributed by atoms with E-state index in [1.807, 2.05) is 26.8 Å². The summed E-state index contributed by atoms with van der Waals surface area (Å²) in [5, 5.41) is 5.15. The van der Waals surface area contributed by atoms with E-state index in [0.29, 0.717) is 43.9 Å². The number of nitrogens with one attached hydrogen (secondary N) is 2. The van der Waals surface area contributed by atoms with Crippen LogP contribution in [0.1, 0.15) is 74.9 Å². The molecule has 4 rings (SSSR count). The van der Waals surface area contributed by atoms with Crippen LogP contribution < -0.4 is 15.4 Å². The molecule has 4 amide bonds. The van der Waals surface area contributed by atoms with E-state index in [1.165, 1.54) is 0 Å². The second-order valence-corrected chi connectivity index (χ2v) is 10.2. The fourth-order valence-electron chi connectivity index (χ4n) is 4.72. The standard InChI is InChI=1S/C24H31N3O6/c1-23(2,3)33-22(31)25-9-7-24(4)8-10-32-18-12-15-14(11-16(18)24)13-27(21(15)30)17-5-6-19(28)26-20(17)29/h11-12,17H,5-10,13H2,1-4H3,(H,25,31)(H,26,28,29). The minimum Gasteiger partial charge on any atom is -0.493 e. The van der Waals surface area contributed by atoms with Crippen LogP contribution in [-0.2, 0) is 26.3 Å². The van der Waals surface area contributed by atoms with Crippen molar-refractivity contribution in [2.24, 2.45) is 0 Å². The second-order valence-electron chi connectivity index (χ2n) is 10.2. The molecule has 3 heterocycles. The molecule has 3 aliphatic heterocycles. The zero-order valence-corrected chi connectivity index (χ0v) is 19.6. The van der Waals surface area contributed by atoms with Crippen LogP contribution in [-0.4, -0.2) is 53.5 Å². The van der Waals surface area contributed by atoms with E-state index in [0.717, 1.165) is 17.5 Å². The number of hydrogen-bond acceptors (Lipinski definition) is 6. The van der Waals surface area contributed by atoms with Gasteiger partial charge in [0, 0.05) is 36.1 Å². The summed E-state index contributed by atoms with van der Waals surface area (Å²) in [4.78, 5) is 50.4. The van der Waals surface area contributed by atoms with Crippen molar-refractivity contribution in [2.45, 2.75) is 77.0 Å². The number of hydrogen-bond donors (Lipinski definition) is 2. The topological polar surface area (TPSA) is 114 Å². The highest BCUT2D eigenvalue weighted by Crippen LogP contribution is 2.44. The van der Waals surface area contributed by atoms with Gasteiger partial charge in [0.25, 0.3) is 5.91 Å². The first-order valence-corrected chi connectivity index (χ1v) is 11.4. The summed E-state index contributed by atoms with van der Waals surface area (Å²) in [5.41, 5.74) is 1.58. The molecule has 178 valence electrons. The van der Waals surface area contributed by atoms with Crippen molar-refractivity contribution in [2.75, 3.05) is 13.2 Å². The fraction of sp³-hybridized carbons (Fsp3) is 0.583. The van der Waals surface area contributed by atoms with E-state index in [-0.39, 0.29) is 23.7 Å². The summed E-state index contributed by atoms with van der Waals surface area (Å²) >= 11 is 0. The Morgan fingerprint density at radius 1 is 1.30 bits per heavy atom. The van der Waals surface area contributed by atoms with Gasteiger partial charge in [0.2, 0.25) is 11.8 Å². The van der Waals surface area contributed by atoms with Crippen molar-refractivity contribution in [3.8, 4) is 5.75 Å². The van der Waals surface area contributed by atoms with Crippen LogP contribution in [0.3, 0.4) is 0 Å². The van der Waals surface area contributed by atoms with Gasteiger partial charge in [-0.25, -0.2) is 4.79 Å². The maximum Gasteiger partial charge on any atom is 0.407 e. The highest BCUT2D eigenvalue weighted by atomic mass is 16.6. The fourth-order valence-corrected chi connectivity index (χ4v) is 4.72. The van der Waals surface area contributed by atoms with Gasteiger partial charge in [-0.15, -0.1) is 0 Å². The maximum atomic E-state index is 13.1. The third kappa shape index (κ3) is 4.67. The van der Waals surface area contributed by atoms with E-state index in [1.54, 1.807) is 11.0 Å². The normalized spacial score (nSPS) is 24.5. The van der Waals surface area contributed by atoms with Crippen LogP contribution in [0.5, 0.6) is 5.75 Å². The van der Waals surface area contributed by atoms with Gasteiger partial charge >= 0.3 is 6.09 Å². The van der Waals surface area contributed by atoms with E-state index < -0.39 is 23.6 Å². The minimum absolute atomic E-state index is 0.218. The summed E-state index contributed by atoms with van der Waals surface area (Å²) < 4.78 is 11.2. The Morgan fingerprint density at radius 2 is 2.06 bits per heavy atom. The number of piperidine rings is 1. The average molecular weight is 458 g/mol. The Bertz CT molecular complexity index is 1010. The number of amides is 4. The van der Waals surface area contributed by atoms with Crippen molar-refractivity contribution in [3.05, 3.63) is 28.8 Å². The molecule has 1 aromatic rings. The number of carbonyl (C=O) groups excluding carboxylic acids is 4. The molecule has 0 radical (unpaired) electrons. The molecule has 1 aromatic carbocycles. The molecule has 33 heavy (non-hydrogen) atoms. The van der Waals surface area contributed by atoms with Crippen LogP contribution in [0, 0.1) is 0 Å². The Labute approximate surface area is 193 Å². The summed E-state index contributed by atoms with van der Waals surface area (Å²) in [6.07, 6.45) is 1.57. The van der Waals surface area contributed by atoms with Gasteiger partial charge in [0.1, 0.15) is 17.4 Å². The maximum absolute atomic E-state index is 13.1. The molecular formula is C24H31N3O6. The summed E-state index contributed by atoms with van der Waals surface area (Å²) in [7, 11) is 0. The quantitative estimate of drug-likeness (QED) is 0.671. The predicted octanol–water partition coefficient (Wildman–Crippen LogP) is 2.40. The van der Waals surface area contributed by atoms with Crippen LogP contribution in [0.4, 0.5) is 4.79 Å². The van der Waals surface area contributed by atoms with Crippen molar-refractivity contribution in [3.63, 3.8) is 0 Å². The number of carbonyl (C=O) groups is 4. The number of rotatable bonds is 4. The largest absolute Gasteiger partial charge is 0.493 e. The number of ether oxygens (including phenoxy) is 2. The Kier molecular flexibility index (Phi) is 5.84. The molecule has 0 bridgehead atoms. The number of imide groups is 1. The molecule has 9 heteroatoms.